The molecule has 0 aromatic carbocycles. The zero-order valence-corrected chi connectivity index (χ0v) is 44.2. The molecule has 6 nitrogen and oxygen atoms in total. The van der Waals surface area contributed by atoms with Crippen LogP contribution >= 0.6 is 0 Å². The highest BCUT2D eigenvalue weighted by atomic mass is 16.6. The van der Waals surface area contributed by atoms with Gasteiger partial charge in [0.1, 0.15) is 13.2 Å². The molecule has 0 aromatic heterocycles. The van der Waals surface area contributed by atoms with E-state index in [1.54, 1.807) is 0 Å². The van der Waals surface area contributed by atoms with Gasteiger partial charge >= 0.3 is 17.9 Å². The van der Waals surface area contributed by atoms with Crippen LogP contribution in [0.25, 0.3) is 0 Å². The van der Waals surface area contributed by atoms with E-state index in [2.05, 4.69) is 57.2 Å². The number of rotatable bonds is 53. The van der Waals surface area contributed by atoms with Crippen molar-refractivity contribution in [3.05, 3.63) is 36.5 Å². The Labute approximate surface area is 410 Å². The Morgan fingerprint density at radius 2 is 0.515 bits per heavy atom. The van der Waals surface area contributed by atoms with Gasteiger partial charge in [0.25, 0.3) is 0 Å². The molecule has 0 aromatic rings. The molecule has 0 fully saturated rings. The zero-order valence-electron chi connectivity index (χ0n) is 44.2. The van der Waals surface area contributed by atoms with E-state index in [0.29, 0.717) is 19.3 Å². The molecule has 386 valence electrons. The molecule has 0 saturated carbocycles. The zero-order chi connectivity index (χ0) is 47.9. The van der Waals surface area contributed by atoms with Gasteiger partial charge in [0, 0.05) is 19.3 Å². The predicted octanol–water partition coefficient (Wildman–Crippen LogP) is 19.3. The predicted molar refractivity (Wildman–Crippen MR) is 284 cm³/mol. The number of allylic oxidation sites excluding steroid dienone is 6. The quantitative estimate of drug-likeness (QED) is 0.0262. The molecule has 0 N–H and O–H groups in total. The molecule has 0 aliphatic rings. The number of carbonyl (C=O) groups is 3. The highest BCUT2D eigenvalue weighted by Crippen LogP contribution is 2.16. The van der Waals surface area contributed by atoms with Gasteiger partial charge in [0.2, 0.25) is 0 Å². The van der Waals surface area contributed by atoms with Crippen LogP contribution < -0.4 is 0 Å². The number of hydrogen-bond acceptors (Lipinski definition) is 6. The van der Waals surface area contributed by atoms with Gasteiger partial charge in [-0.1, -0.05) is 237 Å². The summed E-state index contributed by atoms with van der Waals surface area (Å²) in [5.74, 6) is -0.886. The van der Waals surface area contributed by atoms with Gasteiger partial charge in [-0.25, -0.2) is 0 Å². The van der Waals surface area contributed by atoms with Crippen LogP contribution in [0.3, 0.4) is 0 Å². The Kier molecular flexibility index (Phi) is 53.2. The van der Waals surface area contributed by atoms with Crippen LogP contribution in [0.15, 0.2) is 36.5 Å². The monoisotopic (exact) mass is 927 g/mol. The second-order valence-corrected chi connectivity index (χ2v) is 19.5. The van der Waals surface area contributed by atoms with E-state index in [-0.39, 0.29) is 31.1 Å². The Morgan fingerprint density at radius 1 is 0.288 bits per heavy atom. The molecule has 0 bridgehead atoms. The summed E-state index contributed by atoms with van der Waals surface area (Å²) in [7, 11) is 0. The second-order valence-electron chi connectivity index (χ2n) is 19.5. The summed E-state index contributed by atoms with van der Waals surface area (Å²) < 4.78 is 16.8. The van der Waals surface area contributed by atoms with E-state index in [4.69, 9.17) is 14.2 Å². The smallest absolute Gasteiger partial charge is 0.306 e. The summed E-state index contributed by atoms with van der Waals surface area (Å²) in [6.07, 6.45) is 65.7. The van der Waals surface area contributed by atoms with E-state index in [1.807, 2.05) is 0 Å². The molecule has 1 unspecified atom stereocenters. The lowest BCUT2D eigenvalue weighted by atomic mass is 10.1. The number of esters is 3. The van der Waals surface area contributed by atoms with Crippen molar-refractivity contribution >= 4 is 17.9 Å². The van der Waals surface area contributed by atoms with Crippen molar-refractivity contribution in [2.45, 2.75) is 316 Å². The fraction of sp³-hybridized carbons (Fsp3) is 0.850. The van der Waals surface area contributed by atoms with Crippen molar-refractivity contribution in [3.63, 3.8) is 0 Å². The van der Waals surface area contributed by atoms with E-state index < -0.39 is 6.10 Å². The van der Waals surface area contributed by atoms with Gasteiger partial charge in [-0.05, 0) is 89.9 Å². The second kappa shape index (κ2) is 55.2. The molecular weight excluding hydrogens is 817 g/mol. The maximum Gasteiger partial charge on any atom is 0.306 e. The van der Waals surface area contributed by atoms with Crippen molar-refractivity contribution in [2.75, 3.05) is 13.2 Å². The summed E-state index contributed by atoms with van der Waals surface area (Å²) >= 11 is 0. The Balaban J connectivity index is 4.32. The minimum absolute atomic E-state index is 0.0784. The standard InChI is InChI=1S/C60H110O6/c1-4-7-10-13-16-19-22-24-26-28-30-32-33-35-38-41-44-47-50-53-59(62)65-56-57(55-64-58(61)52-49-46-43-40-37-21-18-15-12-9-6-3)66-60(63)54-51-48-45-42-39-36-34-31-29-27-25-23-20-17-14-11-8-5-2/h15,18,28,30-31,34,57H,4-14,16-17,19-27,29,32-33,35-56H2,1-3H3/b18-15-,30-28-,34-31-. The molecule has 0 rings (SSSR count). The van der Waals surface area contributed by atoms with Crippen molar-refractivity contribution in [1.29, 1.82) is 0 Å². The molecule has 0 heterocycles. The summed E-state index contributed by atoms with van der Waals surface area (Å²) in [5.41, 5.74) is 0. The molecule has 0 aliphatic heterocycles. The van der Waals surface area contributed by atoms with Gasteiger partial charge in [0.05, 0.1) is 0 Å². The van der Waals surface area contributed by atoms with E-state index in [1.165, 1.54) is 199 Å². The normalized spacial score (nSPS) is 12.2. The average molecular weight is 928 g/mol. The molecule has 66 heavy (non-hydrogen) atoms. The van der Waals surface area contributed by atoms with Crippen LogP contribution in [-0.4, -0.2) is 37.2 Å². The first-order valence-electron chi connectivity index (χ1n) is 29.0. The van der Waals surface area contributed by atoms with Crippen molar-refractivity contribution in [1.82, 2.24) is 0 Å². The van der Waals surface area contributed by atoms with Crippen LogP contribution in [0.2, 0.25) is 0 Å². The summed E-state index contributed by atoms with van der Waals surface area (Å²) in [4.78, 5) is 38.1. The van der Waals surface area contributed by atoms with Gasteiger partial charge < -0.3 is 14.2 Å². The fourth-order valence-electron chi connectivity index (χ4n) is 8.41. The lowest BCUT2D eigenvalue weighted by molar-refractivity contribution is -0.167. The van der Waals surface area contributed by atoms with Crippen molar-refractivity contribution < 1.29 is 28.6 Å². The summed E-state index contributed by atoms with van der Waals surface area (Å²) in [6, 6.07) is 0. The minimum Gasteiger partial charge on any atom is -0.462 e. The summed E-state index contributed by atoms with van der Waals surface area (Å²) in [5, 5.41) is 0. The van der Waals surface area contributed by atoms with E-state index in [0.717, 1.165) is 70.6 Å². The maximum atomic E-state index is 12.8. The van der Waals surface area contributed by atoms with E-state index in [9.17, 15) is 14.4 Å². The lowest BCUT2D eigenvalue weighted by Gasteiger charge is -2.18. The van der Waals surface area contributed by atoms with Gasteiger partial charge in [-0.15, -0.1) is 0 Å². The maximum absolute atomic E-state index is 12.8. The first-order chi connectivity index (χ1) is 32.5. The SMILES string of the molecule is CCCC/C=C\CCCCCCCC(=O)OCC(COC(=O)CCCCCCCCC/C=C\CCCCCCCCCC)OC(=O)CCCCCCC/C=C\CCCCCCCCCCC. The molecular formula is C60H110O6. The number of carbonyl (C=O) groups excluding carboxylic acids is 3. The largest absolute Gasteiger partial charge is 0.462 e. The Bertz CT molecular complexity index is 1110. The molecule has 0 amide bonds. The molecule has 1 atom stereocenters. The first kappa shape index (κ1) is 63.6. The van der Waals surface area contributed by atoms with Crippen LogP contribution in [0, 0.1) is 0 Å². The first-order valence-corrected chi connectivity index (χ1v) is 29.0. The lowest BCUT2D eigenvalue weighted by Crippen LogP contribution is -2.30. The minimum atomic E-state index is -0.780. The number of hydrogen-bond donors (Lipinski definition) is 0. The fourth-order valence-corrected chi connectivity index (χ4v) is 8.41. The highest BCUT2D eigenvalue weighted by Gasteiger charge is 2.19. The molecule has 0 saturated heterocycles. The van der Waals surface area contributed by atoms with Crippen LogP contribution in [0.4, 0.5) is 0 Å². The van der Waals surface area contributed by atoms with Crippen molar-refractivity contribution in [2.24, 2.45) is 0 Å². The third-order valence-corrected chi connectivity index (χ3v) is 12.8. The van der Waals surface area contributed by atoms with Crippen LogP contribution in [0.5, 0.6) is 0 Å². The summed E-state index contributed by atoms with van der Waals surface area (Å²) in [6.45, 7) is 6.62. The number of ether oxygens (including phenoxy) is 3. The van der Waals surface area contributed by atoms with Crippen LogP contribution in [0.1, 0.15) is 310 Å². The Morgan fingerprint density at radius 3 is 0.803 bits per heavy atom. The van der Waals surface area contributed by atoms with Gasteiger partial charge in [0.15, 0.2) is 6.10 Å². The highest BCUT2D eigenvalue weighted by molar-refractivity contribution is 5.71. The van der Waals surface area contributed by atoms with Crippen molar-refractivity contribution in [3.8, 4) is 0 Å². The van der Waals surface area contributed by atoms with Gasteiger partial charge in [-0.2, -0.15) is 0 Å². The third-order valence-electron chi connectivity index (χ3n) is 12.8. The van der Waals surface area contributed by atoms with Gasteiger partial charge in [-0.3, -0.25) is 14.4 Å². The van der Waals surface area contributed by atoms with E-state index >= 15 is 0 Å². The Hall–Kier alpha value is -2.37. The molecule has 0 radical (unpaired) electrons. The molecule has 6 heteroatoms. The topological polar surface area (TPSA) is 78.9 Å². The third kappa shape index (κ3) is 52.6. The molecule has 0 spiro atoms. The number of unbranched alkanes of at least 4 members (excludes halogenated alkanes) is 36. The molecule has 0 aliphatic carbocycles. The average Bonchev–Trinajstić information content (AvgIpc) is 3.31. The van der Waals surface area contributed by atoms with Crippen LogP contribution in [-0.2, 0) is 28.6 Å².